The summed E-state index contributed by atoms with van der Waals surface area (Å²) in [5.74, 6) is -0.589. The third-order valence-corrected chi connectivity index (χ3v) is 3.18. The summed E-state index contributed by atoms with van der Waals surface area (Å²) >= 11 is 0. The third-order valence-electron chi connectivity index (χ3n) is 2.06. The number of hydrogen-bond donors (Lipinski definition) is 1. The second kappa shape index (κ2) is 3.22. The molecule has 0 saturated carbocycles. The fourth-order valence-corrected chi connectivity index (χ4v) is 2.00. The molecule has 2 heterocycles. The fourth-order valence-electron chi connectivity index (χ4n) is 1.33. The predicted octanol–water partition coefficient (Wildman–Crippen LogP) is -1.40. The molecule has 1 atom stereocenters. The van der Waals surface area contributed by atoms with Gasteiger partial charge in [0.05, 0.1) is 0 Å². The Kier molecular flexibility index (Phi) is 2.14. The van der Waals surface area contributed by atoms with Crippen LogP contribution in [0.5, 0.6) is 0 Å². The molecule has 0 bridgehead atoms. The zero-order valence-electron chi connectivity index (χ0n) is 7.29. The highest BCUT2D eigenvalue weighted by Gasteiger charge is 2.40. The van der Waals surface area contributed by atoms with E-state index in [2.05, 4.69) is 20.6 Å². The van der Waals surface area contributed by atoms with Gasteiger partial charge in [0.1, 0.15) is 5.25 Å². The van der Waals surface area contributed by atoms with Crippen LogP contribution in [0.15, 0.2) is 0 Å². The van der Waals surface area contributed by atoms with Crippen molar-refractivity contribution in [3.63, 3.8) is 0 Å². The van der Waals surface area contributed by atoms with Crippen molar-refractivity contribution in [2.24, 2.45) is 0 Å². The van der Waals surface area contributed by atoms with Crippen molar-refractivity contribution in [2.45, 2.75) is 11.7 Å². The number of nitrogens with zero attached hydrogens (tertiary/aromatic N) is 4. The molecule has 1 amide bonds. The van der Waals surface area contributed by atoms with E-state index in [1.165, 1.54) is 0 Å². The van der Waals surface area contributed by atoms with Crippen LogP contribution in [0.1, 0.15) is 6.42 Å². The Morgan fingerprint density at radius 1 is 1.53 bits per heavy atom. The van der Waals surface area contributed by atoms with E-state index in [0.717, 1.165) is 4.90 Å². The van der Waals surface area contributed by atoms with Crippen molar-refractivity contribution in [1.29, 1.82) is 0 Å². The van der Waals surface area contributed by atoms with Gasteiger partial charge in [0, 0.05) is 13.0 Å². The average molecular weight is 235 g/mol. The van der Waals surface area contributed by atoms with Crippen LogP contribution >= 0.6 is 0 Å². The van der Waals surface area contributed by atoms with Gasteiger partial charge >= 0.3 is 10.2 Å². The van der Waals surface area contributed by atoms with Gasteiger partial charge < -0.3 is 0 Å². The summed E-state index contributed by atoms with van der Waals surface area (Å²) in [6.07, 6.45) is -0.395. The van der Waals surface area contributed by atoms with E-state index < -0.39 is 27.8 Å². The first kappa shape index (κ1) is 9.96. The molecular weight excluding hydrogens is 229 g/mol. The lowest BCUT2D eigenvalue weighted by Gasteiger charge is -2.08. The Hall–Kier alpha value is -1.58. The van der Waals surface area contributed by atoms with Crippen LogP contribution in [-0.2, 0) is 15.0 Å². The molecule has 0 aromatic carbocycles. The number of anilines is 1. The Morgan fingerprint density at radius 3 is 2.73 bits per heavy atom. The van der Waals surface area contributed by atoms with Crippen LogP contribution in [0, 0.1) is 0 Å². The van der Waals surface area contributed by atoms with Crippen molar-refractivity contribution in [1.82, 2.24) is 20.6 Å². The number of H-pyrrole nitrogens is 1. The van der Waals surface area contributed by atoms with Gasteiger partial charge in [-0.1, -0.05) is 5.10 Å². The first-order chi connectivity index (χ1) is 6.98. The minimum Gasteiger partial charge on any atom is -0.277 e. The number of tetrazole rings is 1. The highest BCUT2D eigenvalue weighted by Crippen LogP contribution is 2.22. The molecule has 1 fully saturated rings. The summed E-state index contributed by atoms with van der Waals surface area (Å²) in [4.78, 5) is 12.3. The molecule has 0 aliphatic carbocycles. The zero-order valence-corrected chi connectivity index (χ0v) is 8.11. The zero-order chi connectivity index (χ0) is 11.1. The number of aromatic amines is 1. The number of rotatable bonds is 2. The second-order valence-electron chi connectivity index (χ2n) is 3.02. The molecule has 1 aromatic heterocycles. The minimum atomic E-state index is -4.71. The normalized spacial score (nSPS) is 22.3. The maximum absolute atomic E-state index is 12.6. The fraction of sp³-hybridized carbons (Fsp3) is 0.600. The molecule has 8 nitrogen and oxygen atoms in total. The standard InChI is InChI=1S/C5H6FN5O3S/c6-15(13,14)3-1-4(12)11(2-3)5-7-9-10-8-5/h3H,1-2H2,(H,7,8,9,10). The monoisotopic (exact) mass is 235 g/mol. The number of nitrogens with one attached hydrogen (secondary N) is 1. The summed E-state index contributed by atoms with van der Waals surface area (Å²) in [5, 5.41) is 11.0. The van der Waals surface area contributed by atoms with Gasteiger partial charge in [-0.3, -0.25) is 9.69 Å². The molecule has 1 aromatic rings. The van der Waals surface area contributed by atoms with Gasteiger partial charge in [-0.15, -0.1) is 8.98 Å². The van der Waals surface area contributed by atoms with Crippen LogP contribution in [0.25, 0.3) is 0 Å². The van der Waals surface area contributed by atoms with Crippen molar-refractivity contribution in [2.75, 3.05) is 11.4 Å². The summed E-state index contributed by atoms with van der Waals surface area (Å²) in [5.41, 5.74) is 0. The molecule has 1 aliphatic heterocycles. The minimum absolute atomic E-state index is 0.0499. The summed E-state index contributed by atoms with van der Waals surface area (Å²) in [6.45, 7) is -0.281. The van der Waals surface area contributed by atoms with Gasteiger partial charge in [-0.05, 0) is 5.21 Å². The van der Waals surface area contributed by atoms with Crippen LogP contribution in [0.4, 0.5) is 9.83 Å². The van der Waals surface area contributed by atoms with E-state index in [1.807, 2.05) is 0 Å². The van der Waals surface area contributed by atoms with Gasteiger partial charge in [-0.25, -0.2) is 0 Å². The Bertz CT molecular complexity index is 471. The Balaban J connectivity index is 2.23. The molecule has 10 heteroatoms. The SMILES string of the molecule is O=C1CC(S(=O)(=O)F)CN1c1nn[nH]n1. The lowest BCUT2D eigenvalue weighted by molar-refractivity contribution is -0.117. The Morgan fingerprint density at radius 2 is 2.27 bits per heavy atom. The van der Waals surface area contributed by atoms with Crippen molar-refractivity contribution >= 4 is 22.1 Å². The lowest BCUT2D eigenvalue weighted by atomic mass is 10.4. The molecule has 15 heavy (non-hydrogen) atoms. The van der Waals surface area contributed by atoms with Gasteiger partial charge in [-0.2, -0.15) is 13.6 Å². The molecule has 0 radical (unpaired) electrons. The molecule has 0 spiro atoms. The van der Waals surface area contributed by atoms with E-state index in [1.54, 1.807) is 0 Å². The topological polar surface area (TPSA) is 109 Å². The van der Waals surface area contributed by atoms with E-state index in [-0.39, 0.29) is 12.5 Å². The molecule has 2 rings (SSSR count). The number of aromatic nitrogens is 4. The highest BCUT2D eigenvalue weighted by atomic mass is 32.3. The first-order valence-electron chi connectivity index (χ1n) is 3.96. The summed E-state index contributed by atoms with van der Waals surface area (Å²) < 4.78 is 33.8. The molecular formula is C5H6FN5O3S. The van der Waals surface area contributed by atoms with Crippen molar-refractivity contribution < 1.29 is 17.1 Å². The first-order valence-corrected chi connectivity index (χ1v) is 5.40. The van der Waals surface area contributed by atoms with Crippen molar-refractivity contribution in [3.8, 4) is 0 Å². The van der Waals surface area contributed by atoms with Crippen LogP contribution < -0.4 is 4.90 Å². The lowest BCUT2D eigenvalue weighted by Crippen LogP contribution is -2.27. The maximum atomic E-state index is 12.6. The quantitative estimate of drug-likeness (QED) is 0.632. The number of hydrogen-bond acceptors (Lipinski definition) is 6. The Labute approximate surface area is 83.7 Å². The average Bonchev–Trinajstić information content (AvgIpc) is 2.69. The maximum Gasteiger partial charge on any atom is 0.307 e. The predicted molar refractivity (Wildman–Crippen MR) is 45.0 cm³/mol. The molecule has 1 saturated heterocycles. The number of carbonyl (C=O) groups excluding carboxylic acids is 1. The van der Waals surface area contributed by atoms with E-state index in [4.69, 9.17) is 0 Å². The van der Waals surface area contributed by atoms with Gasteiger partial charge in [0.25, 0.3) is 5.95 Å². The van der Waals surface area contributed by atoms with E-state index in [9.17, 15) is 17.1 Å². The number of amides is 1. The number of halogens is 1. The van der Waals surface area contributed by atoms with Gasteiger partial charge in [0.15, 0.2) is 0 Å². The molecule has 1 unspecified atom stereocenters. The molecule has 1 N–H and O–H groups in total. The number of carbonyl (C=O) groups is 1. The summed E-state index contributed by atoms with van der Waals surface area (Å²) in [6, 6.07) is 0. The van der Waals surface area contributed by atoms with Crippen LogP contribution in [0.2, 0.25) is 0 Å². The van der Waals surface area contributed by atoms with Crippen molar-refractivity contribution in [3.05, 3.63) is 0 Å². The second-order valence-corrected chi connectivity index (χ2v) is 4.64. The highest BCUT2D eigenvalue weighted by molar-refractivity contribution is 7.87. The molecule has 1 aliphatic rings. The van der Waals surface area contributed by atoms with Gasteiger partial charge in [0.2, 0.25) is 5.91 Å². The van der Waals surface area contributed by atoms with Crippen LogP contribution in [-0.4, -0.2) is 46.7 Å². The summed E-state index contributed by atoms with van der Waals surface area (Å²) in [7, 11) is -4.71. The smallest absolute Gasteiger partial charge is 0.277 e. The van der Waals surface area contributed by atoms with Crippen LogP contribution in [0.3, 0.4) is 0 Å². The molecule has 82 valence electrons. The largest absolute Gasteiger partial charge is 0.307 e. The van der Waals surface area contributed by atoms with E-state index >= 15 is 0 Å². The third kappa shape index (κ3) is 1.79. The van der Waals surface area contributed by atoms with E-state index in [0.29, 0.717) is 0 Å².